The molecule has 0 aliphatic carbocycles. The van der Waals surface area contributed by atoms with Gasteiger partial charge in [0, 0.05) is 12.6 Å². The Hall–Kier alpha value is -0.970. The molecule has 1 fully saturated rings. The van der Waals surface area contributed by atoms with Gasteiger partial charge in [0.25, 0.3) is 5.91 Å². The van der Waals surface area contributed by atoms with Crippen LogP contribution in [0.1, 0.15) is 39.5 Å². The molecule has 0 bridgehead atoms. The highest BCUT2D eigenvalue weighted by Gasteiger charge is 2.19. The lowest BCUT2D eigenvalue weighted by Crippen LogP contribution is -2.37. The number of amides is 1. The van der Waals surface area contributed by atoms with E-state index in [0.29, 0.717) is 6.04 Å². The van der Waals surface area contributed by atoms with Crippen LogP contribution in [0.25, 0.3) is 0 Å². The first-order chi connectivity index (χ1) is 6.25. The third-order valence-corrected chi connectivity index (χ3v) is 2.55. The van der Waals surface area contributed by atoms with Crippen molar-refractivity contribution in [1.82, 2.24) is 4.90 Å². The summed E-state index contributed by atoms with van der Waals surface area (Å²) in [4.78, 5) is 13.4. The Balaban J connectivity index is 2.62. The van der Waals surface area contributed by atoms with Crippen LogP contribution in [-0.4, -0.2) is 23.4 Å². The maximum Gasteiger partial charge on any atom is 0.298 e. The molecule has 13 heavy (non-hydrogen) atoms. The van der Waals surface area contributed by atoms with Crippen molar-refractivity contribution in [3.05, 3.63) is 0 Å². The molecule has 0 spiro atoms. The lowest BCUT2D eigenvalue weighted by atomic mass is 10.1. The topological polar surface area (TPSA) is 20.3 Å². The molecule has 2 nitrogen and oxygen atoms in total. The Bertz CT molecular complexity index is 236. The first kappa shape index (κ1) is 10.1. The minimum atomic E-state index is -0.00287. The molecule has 1 unspecified atom stereocenters. The second-order valence-electron chi connectivity index (χ2n) is 3.57. The third-order valence-electron chi connectivity index (χ3n) is 2.55. The minimum absolute atomic E-state index is 0.00287. The second kappa shape index (κ2) is 4.91. The van der Waals surface area contributed by atoms with Gasteiger partial charge in [-0.15, -0.1) is 0 Å². The number of likely N-dealkylation sites (tertiary alicyclic amines) is 1. The molecule has 0 N–H and O–H groups in total. The Morgan fingerprint density at radius 2 is 2.15 bits per heavy atom. The molecule has 0 aromatic heterocycles. The van der Waals surface area contributed by atoms with Crippen molar-refractivity contribution in [1.29, 1.82) is 0 Å². The number of hydrogen-bond acceptors (Lipinski definition) is 1. The van der Waals surface area contributed by atoms with Crippen LogP contribution >= 0.6 is 0 Å². The smallest absolute Gasteiger partial charge is 0.298 e. The van der Waals surface area contributed by atoms with Gasteiger partial charge in [0.15, 0.2) is 0 Å². The van der Waals surface area contributed by atoms with Gasteiger partial charge in [-0.25, -0.2) is 0 Å². The van der Waals surface area contributed by atoms with Crippen molar-refractivity contribution in [3.63, 3.8) is 0 Å². The van der Waals surface area contributed by atoms with E-state index >= 15 is 0 Å². The molecule has 1 aliphatic rings. The summed E-state index contributed by atoms with van der Waals surface area (Å²) in [5.41, 5.74) is 0. The molecule has 1 heterocycles. The van der Waals surface area contributed by atoms with Crippen molar-refractivity contribution < 1.29 is 4.79 Å². The summed E-state index contributed by atoms with van der Waals surface area (Å²) in [6.45, 7) is 4.70. The fourth-order valence-electron chi connectivity index (χ4n) is 1.76. The van der Waals surface area contributed by atoms with E-state index in [1.807, 2.05) is 4.90 Å². The molecule has 0 aromatic carbocycles. The number of carbonyl (C=O) groups excluding carboxylic acids is 1. The molecule has 0 radical (unpaired) electrons. The Morgan fingerprint density at radius 1 is 1.38 bits per heavy atom. The van der Waals surface area contributed by atoms with Gasteiger partial charge in [-0.3, -0.25) is 4.79 Å². The van der Waals surface area contributed by atoms with Gasteiger partial charge in [0.05, 0.1) is 0 Å². The largest absolute Gasteiger partial charge is 0.329 e. The van der Waals surface area contributed by atoms with Crippen LogP contribution in [0.3, 0.4) is 0 Å². The first-order valence-electron chi connectivity index (χ1n) is 4.99. The molecular formula is C11H17NO. The summed E-state index contributed by atoms with van der Waals surface area (Å²) >= 11 is 0. The highest BCUT2D eigenvalue weighted by molar-refractivity contribution is 5.93. The molecule has 1 aliphatic heterocycles. The summed E-state index contributed by atoms with van der Waals surface area (Å²) in [6, 6.07) is 0.371. The van der Waals surface area contributed by atoms with Crippen LogP contribution in [0.5, 0.6) is 0 Å². The SMILES string of the molecule is CC#CC(=O)N1CCCCCC1C. The van der Waals surface area contributed by atoms with E-state index in [1.54, 1.807) is 6.92 Å². The van der Waals surface area contributed by atoms with Gasteiger partial charge < -0.3 is 4.90 Å². The van der Waals surface area contributed by atoms with Crippen LogP contribution in [-0.2, 0) is 4.79 Å². The zero-order valence-corrected chi connectivity index (χ0v) is 8.47. The van der Waals surface area contributed by atoms with E-state index in [2.05, 4.69) is 18.8 Å². The maximum absolute atomic E-state index is 11.5. The average molecular weight is 179 g/mol. The van der Waals surface area contributed by atoms with Gasteiger partial charge in [0.1, 0.15) is 0 Å². The Kier molecular flexibility index (Phi) is 3.82. The zero-order chi connectivity index (χ0) is 9.68. The molecule has 0 saturated carbocycles. The molecule has 0 aromatic rings. The van der Waals surface area contributed by atoms with Crippen LogP contribution < -0.4 is 0 Å². The van der Waals surface area contributed by atoms with E-state index in [1.165, 1.54) is 12.8 Å². The summed E-state index contributed by atoms with van der Waals surface area (Å²) in [6.07, 6.45) is 4.73. The summed E-state index contributed by atoms with van der Waals surface area (Å²) in [5, 5.41) is 0. The van der Waals surface area contributed by atoms with Crippen LogP contribution in [0, 0.1) is 11.8 Å². The minimum Gasteiger partial charge on any atom is -0.329 e. The van der Waals surface area contributed by atoms with Crippen LogP contribution in [0.4, 0.5) is 0 Å². The Labute approximate surface area is 80.3 Å². The van der Waals surface area contributed by atoms with E-state index in [4.69, 9.17) is 0 Å². The molecular weight excluding hydrogens is 162 g/mol. The van der Waals surface area contributed by atoms with Crippen molar-refractivity contribution in [3.8, 4) is 11.8 Å². The predicted octanol–water partition coefficient (Wildman–Crippen LogP) is 1.80. The summed E-state index contributed by atoms with van der Waals surface area (Å²) in [5.74, 6) is 5.27. The van der Waals surface area contributed by atoms with Crippen molar-refractivity contribution in [2.24, 2.45) is 0 Å². The molecule has 1 atom stereocenters. The molecule has 2 heteroatoms. The van der Waals surface area contributed by atoms with E-state index in [0.717, 1.165) is 19.4 Å². The van der Waals surface area contributed by atoms with E-state index < -0.39 is 0 Å². The van der Waals surface area contributed by atoms with Gasteiger partial charge in [-0.2, -0.15) is 0 Å². The van der Waals surface area contributed by atoms with Crippen LogP contribution in [0.15, 0.2) is 0 Å². The van der Waals surface area contributed by atoms with Crippen molar-refractivity contribution in [2.75, 3.05) is 6.54 Å². The fraction of sp³-hybridized carbons (Fsp3) is 0.727. The summed E-state index contributed by atoms with van der Waals surface area (Å²) < 4.78 is 0. The van der Waals surface area contributed by atoms with Gasteiger partial charge in [-0.1, -0.05) is 18.8 Å². The molecule has 1 saturated heterocycles. The molecule has 1 rings (SSSR count). The third kappa shape index (κ3) is 2.77. The van der Waals surface area contributed by atoms with Crippen LogP contribution in [0.2, 0.25) is 0 Å². The van der Waals surface area contributed by atoms with Gasteiger partial charge in [-0.05, 0) is 32.6 Å². The van der Waals surface area contributed by atoms with E-state index in [-0.39, 0.29) is 5.91 Å². The molecule has 1 amide bonds. The normalized spacial score (nSPS) is 22.9. The number of nitrogens with zero attached hydrogens (tertiary/aromatic N) is 1. The average Bonchev–Trinajstić information content (AvgIpc) is 2.30. The number of carbonyl (C=O) groups is 1. The monoisotopic (exact) mass is 179 g/mol. The quantitative estimate of drug-likeness (QED) is 0.519. The Morgan fingerprint density at radius 3 is 2.85 bits per heavy atom. The van der Waals surface area contributed by atoms with Crippen molar-refractivity contribution >= 4 is 5.91 Å². The lowest BCUT2D eigenvalue weighted by molar-refractivity contribution is -0.126. The highest BCUT2D eigenvalue weighted by atomic mass is 16.2. The summed E-state index contributed by atoms with van der Waals surface area (Å²) in [7, 11) is 0. The molecule has 72 valence electrons. The van der Waals surface area contributed by atoms with E-state index in [9.17, 15) is 4.79 Å². The second-order valence-corrected chi connectivity index (χ2v) is 3.57. The number of rotatable bonds is 0. The maximum atomic E-state index is 11.5. The van der Waals surface area contributed by atoms with Gasteiger partial charge in [0.2, 0.25) is 0 Å². The standard InChI is InChI=1S/C11H17NO/c1-3-7-11(13)12-9-6-4-5-8-10(12)2/h10H,4-6,8-9H2,1-2H3. The number of hydrogen-bond donors (Lipinski definition) is 0. The first-order valence-corrected chi connectivity index (χ1v) is 4.99. The predicted molar refractivity (Wildman–Crippen MR) is 53.1 cm³/mol. The zero-order valence-electron chi connectivity index (χ0n) is 8.47. The fourth-order valence-corrected chi connectivity index (χ4v) is 1.76. The lowest BCUT2D eigenvalue weighted by Gasteiger charge is -2.24. The van der Waals surface area contributed by atoms with Gasteiger partial charge >= 0.3 is 0 Å². The highest BCUT2D eigenvalue weighted by Crippen LogP contribution is 2.15. The van der Waals surface area contributed by atoms with Crippen molar-refractivity contribution in [2.45, 2.75) is 45.6 Å².